The van der Waals surface area contributed by atoms with Crippen LogP contribution in [0.5, 0.6) is 0 Å². The van der Waals surface area contributed by atoms with E-state index in [1.165, 1.54) is 25.7 Å². The number of rotatable bonds is 7. The van der Waals surface area contributed by atoms with Gasteiger partial charge in [0.05, 0.1) is 0 Å². The van der Waals surface area contributed by atoms with Crippen molar-refractivity contribution in [1.82, 2.24) is 5.32 Å². The molecule has 0 aliphatic heterocycles. The van der Waals surface area contributed by atoms with Gasteiger partial charge in [-0.1, -0.05) is 12.8 Å². The first-order valence-corrected chi connectivity index (χ1v) is 6.80. The molecule has 1 aliphatic carbocycles. The first-order valence-electron chi connectivity index (χ1n) is 5.58. The van der Waals surface area contributed by atoms with E-state index in [9.17, 15) is 0 Å². The van der Waals surface area contributed by atoms with Crippen LogP contribution >= 0.6 is 11.8 Å². The minimum atomic E-state index is -0.120. The number of ether oxygens (including phenoxy) is 2. The zero-order valence-electron chi connectivity index (χ0n) is 10.0. The molecule has 0 atom stereocenters. The molecule has 15 heavy (non-hydrogen) atoms. The predicted octanol–water partition coefficient (Wildman–Crippen LogP) is 1.87. The number of methoxy groups -OCH3 is 2. The van der Waals surface area contributed by atoms with Crippen LogP contribution in [-0.4, -0.2) is 44.6 Å². The summed E-state index contributed by atoms with van der Waals surface area (Å²) in [7, 11) is 3.35. The Bertz CT molecular complexity index is 168. The molecule has 1 N–H and O–H groups in total. The molecule has 1 saturated carbocycles. The summed E-state index contributed by atoms with van der Waals surface area (Å²) in [6, 6.07) is 0. The van der Waals surface area contributed by atoms with Crippen molar-refractivity contribution in [2.45, 2.75) is 36.7 Å². The molecule has 0 aromatic heterocycles. The maximum absolute atomic E-state index is 5.14. The van der Waals surface area contributed by atoms with E-state index in [1.54, 1.807) is 14.2 Å². The average Bonchev–Trinajstić information content (AvgIpc) is 2.74. The molecular weight excluding hydrogens is 210 g/mol. The quantitative estimate of drug-likeness (QED) is 0.680. The molecule has 0 saturated heterocycles. The zero-order chi connectivity index (χ0) is 11.1. The Labute approximate surface area is 97.3 Å². The van der Waals surface area contributed by atoms with E-state index in [0.29, 0.717) is 4.75 Å². The summed E-state index contributed by atoms with van der Waals surface area (Å²) in [5.41, 5.74) is 0. The highest BCUT2D eigenvalue weighted by Crippen LogP contribution is 2.39. The highest BCUT2D eigenvalue weighted by Gasteiger charge is 2.32. The molecule has 0 heterocycles. The molecule has 3 nitrogen and oxygen atoms in total. The fourth-order valence-corrected chi connectivity index (χ4v) is 3.10. The van der Waals surface area contributed by atoms with Crippen LogP contribution in [0.25, 0.3) is 0 Å². The zero-order valence-corrected chi connectivity index (χ0v) is 10.9. The lowest BCUT2D eigenvalue weighted by Crippen LogP contribution is -2.39. The predicted molar refractivity (Wildman–Crippen MR) is 65.4 cm³/mol. The topological polar surface area (TPSA) is 30.5 Å². The van der Waals surface area contributed by atoms with Crippen LogP contribution in [0.4, 0.5) is 0 Å². The summed E-state index contributed by atoms with van der Waals surface area (Å²) >= 11 is 2.00. The van der Waals surface area contributed by atoms with Gasteiger partial charge in [0, 0.05) is 32.1 Å². The van der Waals surface area contributed by atoms with Crippen LogP contribution in [0.2, 0.25) is 0 Å². The molecule has 0 aromatic carbocycles. The average molecular weight is 233 g/mol. The maximum atomic E-state index is 5.14. The SMILES string of the molecule is COC(CNCC1(SC)CCCC1)OC. The molecular formula is C11H23NO2S. The van der Waals surface area contributed by atoms with Gasteiger partial charge in [0.1, 0.15) is 0 Å². The van der Waals surface area contributed by atoms with Crippen molar-refractivity contribution in [1.29, 1.82) is 0 Å². The minimum absolute atomic E-state index is 0.120. The van der Waals surface area contributed by atoms with Crippen LogP contribution in [0.3, 0.4) is 0 Å². The van der Waals surface area contributed by atoms with E-state index in [2.05, 4.69) is 11.6 Å². The van der Waals surface area contributed by atoms with Gasteiger partial charge in [-0.25, -0.2) is 0 Å². The van der Waals surface area contributed by atoms with Crippen molar-refractivity contribution >= 4 is 11.8 Å². The molecule has 1 fully saturated rings. The molecule has 0 spiro atoms. The molecule has 0 radical (unpaired) electrons. The summed E-state index contributed by atoms with van der Waals surface area (Å²) in [5, 5.41) is 3.45. The van der Waals surface area contributed by atoms with Crippen LogP contribution < -0.4 is 5.32 Å². The van der Waals surface area contributed by atoms with Gasteiger partial charge in [-0.05, 0) is 19.1 Å². The molecule has 90 valence electrons. The molecule has 0 amide bonds. The highest BCUT2D eigenvalue weighted by molar-refractivity contribution is 8.00. The maximum Gasteiger partial charge on any atom is 0.169 e. The fourth-order valence-electron chi connectivity index (χ4n) is 2.15. The van der Waals surface area contributed by atoms with Gasteiger partial charge in [0.15, 0.2) is 6.29 Å². The minimum Gasteiger partial charge on any atom is -0.355 e. The lowest BCUT2D eigenvalue weighted by molar-refractivity contribution is -0.0988. The van der Waals surface area contributed by atoms with Crippen LogP contribution in [-0.2, 0) is 9.47 Å². The van der Waals surface area contributed by atoms with Gasteiger partial charge in [-0.3, -0.25) is 0 Å². The Kier molecular flexibility index (Phi) is 5.97. The largest absolute Gasteiger partial charge is 0.355 e. The van der Waals surface area contributed by atoms with Gasteiger partial charge >= 0.3 is 0 Å². The van der Waals surface area contributed by atoms with E-state index >= 15 is 0 Å². The summed E-state index contributed by atoms with van der Waals surface area (Å²) in [5.74, 6) is 0. The summed E-state index contributed by atoms with van der Waals surface area (Å²) in [4.78, 5) is 0. The van der Waals surface area contributed by atoms with E-state index < -0.39 is 0 Å². The molecule has 0 aromatic rings. The second-order valence-corrected chi connectivity index (χ2v) is 5.40. The normalized spacial score (nSPS) is 20.0. The Morgan fingerprint density at radius 1 is 1.27 bits per heavy atom. The molecule has 1 aliphatic rings. The van der Waals surface area contributed by atoms with Crippen LogP contribution in [0.1, 0.15) is 25.7 Å². The summed E-state index contributed by atoms with van der Waals surface area (Å²) in [6.45, 7) is 1.84. The third kappa shape index (κ3) is 3.94. The van der Waals surface area contributed by atoms with E-state index in [-0.39, 0.29) is 6.29 Å². The lowest BCUT2D eigenvalue weighted by atomic mass is 10.1. The number of hydrogen-bond acceptors (Lipinski definition) is 4. The highest BCUT2D eigenvalue weighted by atomic mass is 32.2. The monoisotopic (exact) mass is 233 g/mol. The van der Waals surface area contributed by atoms with Gasteiger partial charge in [0.2, 0.25) is 0 Å². The number of nitrogens with one attached hydrogen (secondary N) is 1. The summed E-state index contributed by atoms with van der Waals surface area (Å²) in [6.07, 6.45) is 7.53. The Hall–Kier alpha value is 0.230. The van der Waals surface area contributed by atoms with Gasteiger partial charge in [0.25, 0.3) is 0 Å². The second-order valence-electron chi connectivity index (χ2n) is 4.13. The first-order chi connectivity index (χ1) is 7.26. The Morgan fingerprint density at radius 3 is 2.33 bits per heavy atom. The second kappa shape index (κ2) is 6.74. The van der Waals surface area contributed by atoms with Crippen molar-refractivity contribution < 1.29 is 9.47 Å². The van der Waals surface area contributed by atoms with Crippen LogP contribution in [0, 0.1) is 0 Å². The van der Waals surface area contributed by atoms with Crippen molar-refractivity contribution in [2.75, 3.05) is 33.6 Å². The Balaban J connectivity index is 2.22. The van der Waals surface area contributed by atoms with Gasteiger partial charge in [-0.2, -0.15) is 11.8 Å². The Morgan fingerprint density at radius 2 is 1.87 bits per heavy atom. The third-order valence-corrected chi connectivity index (χ3v) is 4.65. The van der Waals surface area contributed by atoms with E-state index in [4.69, 9.17) is 9.47 Å². The van der Waals surface area contributed by atoms with Crippen LogP contribution in [0.15, 0.2) is 0 Å². The van der Waals surface area contributed by atoms with Crippen molar-refractivity contribution in [3.8, 4) is 0 Å². The molecule has 0 unspecified atom stereocenters. The number of thioether (sulfide) groups is 1. The molecule has 1 rings (SSSR count). The standard InChI is InChI=1S/C11H23NO2S/c1-13-10(14-2)8-12-9-11(15-3)6-4-5-7-11/h10,12H,4-9H2,1-3H3. The van der Waals surface area contributed by atoms with E-state index in [1.807, 2.05) is 11.8 Å². The third-order valence-electron chi connectivity index (χ3n) is 3.23. The van der Waals surface area contributed by atoms with Crippen molar-refractivity contribution in [3.63, 3.8) is 0 Å². The van der Waals surface area contributed by atoms with Gasteiger partial charge in [-0.15, -0.1) is 0 Å². The number of hydrogen-bond donors (Lipinski definition) is 1. The lowest BCUT2D eigenvalue weighted by Gasteiger charge is -2.27. The molecule has 4 heteroatoms. The first kappa shape index (κ1) is 13.3. The van der Waals surface area contributed by atoms with Crippen molar-refractivity contribution in [3.05, 3.63) is 0 Å². The van der Waals surface area contributed by atoms with E-state index in [0.717, 1.165) is 13.1 Å². The smallest absolute Gasteiger partial charge is 0.169 e. The van der Waals surface area contributed by atoms with Crippen molar-refractivity contribution in [2.24, 2.45) is 0 Å². The molecule has 0 bridgehead atoms. The van der Waals surface area contributed by atoms with Gasteiger partial charge < -0.3 is 14.8 Å². The fraction of sp³-hybridized carbons (Fsp3) is 1.00. The summed E-state index contributed by atoms with van der Waals surface area (Å²) < 4.78 is 10.7.